The van der Waals surface area contributed by atoms with Gasteiger partial charge in [0.05, 0.1) is 0 Å². The van der Waals surface area contributed by atoms with Crippen LogP contribution in [0.15, 0.2) is 0 Å². The predicted octanol–water partition coefficient (Wildman–Crippen LogP) is 3.81. The SMILES string of the molecule is CC1CCCC(CN2CC3(CCCCC3)NCC2C)C1. The fourth-order valence-electron chi connectivity index (χ4n) is 4.96. The fraction of sp³-hybridized carbons (Fsp3) is 1.00. The second-order valence-corrected chi connectivity index (χ2v) is 8.14. The topological polar surface area (TPSA) is 15.3 Å². The van der Waals surface area contributed by atoms with E-state index < -0.39 is 0 Å². The van der Waals surface area contributed by atoms with E-state index in [1.54, 1.807) is 0 Å². The quantitative estimate of drug-likeness (QED) is 0.826. The van der Waals surface area contributed by atoms with E-state index in [1.807, 2.05) is 0 Å². The minimum absolute atomic E-state index is 0.477. The third-order valence-corrected chi connectivity index (χ3v) is 6.25. The highest BCUT2D eigenvalue weighted by Crippen LogP contribution is 2.34. The largest absolute Gasteiger partial charge is 0.308 e. The molecule has 1 spiro atoms. The molecular formula is C18H34N2. The van der Waals surface area contributed by atoms with E-state index in [-0.39, 0.29) is 0 Å². The first kappa shape index (κ1) is 14.8. The summed E-state index contributed by atoms with van der Waals surface area (Å²) in [5, 5.41) is 3.92. The molecule has 0 bridgehead atoms. The molecule has 3 fully saturated rings. The van der Waals surface area contributed by atoms with Crippen LogP contribution in [0.2, 0.25) is 0 Å². The summed E-state index contributed by atoms with van der Waals surface area (Å²) in [7, 11) is 0. The number of rotatable bonds is 2. The molecule has 3 atom stereocenters. The first-order chi connectivity index (χ1) is 9.67. The summed E-state index contributed by atoms with van der Waals surface area (Å²) in [5.41, 5.74) is 0.477. The molecule has 3 rings (SSSR count). The van der Waals surface area contributed by atoms with E-state index in [9.17, 15) is 0 Å². The van der Waals surface area contributed by atoms with Gasteiger partial charge < -0.3 is 5.32 Å². The van der Waals surface area contributed by atoms with Crippen LogP contribution < -0.4 is 5.32 Å². The Bertz CT molecular complexity index is 309. The van der Waals surface area contributed by atoms with E-state index in [0.29, 0.717) is 5.54 Å². The van der Waals surface area contributed by atoms with Crippen molar-refractivity contribution < 1.29 is 0 Å². The van der Waals surface area contributed by atoms with Crippen LogP contribution in [-0.4, -0.2) is 36.1 Å². The molecule has 20 heavy (non-hydrogen) atoms. The summed E-state index contributed by atoms with van der Waals surface area (Å²) in [5.74, 6) is 1.94. The maximum Gasteiger partial charge on any atom is 0.0309 e. The third kappa shape index (κ3) is 3.39. The first-order valence-electron chi connectivity index (χ1n) is 9.16. The van der Waals surface area contributed by atoms with Gasteiger partial charge in [-0.05, 0) is 44.4 Å². The molecule has 1 saturated heterocycles. The molecule has 0 radical (unpaired) electrons. The number of hydrogen-bond donors (Lipinski definition) is 1. The molecule has 1 heterocycles. The second kappa shape index (κ2) is 6.36. The highest BCUT2D eigenvalue weighted by atomic mass is 15.3. The Morgan fingerprint density at radius 2 is 1.85 bits per heavy atom. The first-order valence-corrected chi connectivity index (χ1v) is 9.16. The summed E-state index contributed by atoms with van der Waals surface area (Å²) in [6.45, 7) is 8.78. The summed E-state index contributed by atoms with van der Waals surface area (Å²) >= 11 is 0. The van der Waals surface area contributed by atoms with Gasteiger partial charge in [0.2, 0.25) is 0 Å². The van der Waals surface area contributed by atoms with Gasteiger partial charge >= 0.3 is 0 Å². The number of nitrogens with zero attached hydrogens (tertiary/aromatic N) is 1. The second-order valence-electron chi connectivity index (χ2n) is 8.14. The van der Waals surface area contributed by atoms with Gasteiger partial charge in [0.25, 0.3) is 0 Å². The van der Waals surface area contributed by atoms with Gasteiger partial charge in [-0.2, -0.15) is 0 Å². The Hall–Kier alpha value is -0.0800. The zero-order valence-electron chi connectivity index (χ0n) is 13.7. The van der Waals surface area contributed by atoms with E-state index in [0.717, 1.165) is 17.9 Å². The van der Waals surface area contributed by atoms with Gasteiger partial charge in [-0.25, -0.2) is 0 Å². The van der Waals surface area contributed by atoms with Crippen molar-refractivity contribution in [1.29, 1.82) is 0 Å². The summed E-state index contributed by atoms with van der Waals surface area (Å²) in [6.07, 6.45) is 13.1. The minimum atomic E-state index is 0.477. The van der Waals surface area contributed by atoms with Gasteiger partial charge in [-0.3, -0.25) is 4.90 Å². The van der Waals surface area contributed by atoms with Crippen molar-refractivity contribution in [3.05, 3.63) is 0 Å². The van der Waals surface area contributed by atoms with Crippen molar-refractivity contribution in [2.45, 2.75) is 83.2 Å². The van der Waals surface area contributed by atoms with Gasteiger partial charge in [-0.1, -0.05) is 39.0 Å². The van der Waals surface area contributed by atoms with Crippen LogP contribution in [0, 0.1) is 11.8 Å². The minimum Gasteiger partial charge on any atom is -0.308 e. The normalized spacial score (nSPS) is 39.0. The highest BCUT2D eigenvalue weighted by Gasteiger charge is 2.39. The van der Waals surface area contributed by atoms with Crippen molar-refractivity contribution in [2.75, 3.05) is 19.6 Å². The predicted molar refractivity (Wildman–Crippen MR) is 86.0 cm³/mol. The van der Waals surface area contributed by atoms with Gasteiger partial charge in [0.15, 0.2) is 0 Å². The molecule has 3 aliphatic rings. The lowest BCUT2D eigenvalue weighted by atomic mass is 9.78. The van der Waals surface area contributed by atoms with Crippen LogP contribution in [0.1, 0.15) is 71.6 Å². The molecule has 1 aliphatic heterocycles. The molecule has 1 N–H and O–H groups in total. The molecule has 0 aromatic carbocycles. The van der Waals surface area contributed by atoms with Crippen LogP contribution in [-0.2, 0) is 0 Å². The van der Waals surface area contributed by atoms with Gasteiger partial charge in [0.1, 0.15) is 0 Å². The molecule has 0 aromatic rings. The fourth-order valence-corrected chi connectivity index (χ4v) is 4.96. The zero-order valence-corrected chi connectivity index (χ0v) is 13.7. The lowest BCUT2D eigenvalue weighted by Gasteiger charge is -2.50. The number of nitrogens with one attached hydrogen (secondary N) is 1. The zero-order chi connectivity index (χ0) is 14.0. The van der Waals surface area contributed by atoms with Crippen LogP contribution in [0.4, 0.5) is 0 Å². The van der Waals surface area contributed by atoms with Crippen molar-refractivity contribution in [1.82, 2.24) is 10.2 Å². The van der Waals surface area contributed by atoms with E-state index in [1.165, 1.54) is 77.4 Å². The van der Waals surface area contributed by atoms with Gasteiger partial charge in [-0.15, -0.1) is 0 Å². The number of hydrogen-bond acceptors (Lipinski definition) is 2. The van der Waals surface area contributed by atoms with Crippen molar-refractivity contribution in [3.63, 3.8) is 0 Å². The Morgan fingerprint density at radius 3 is 2.60 bits per heavy atom. The van der Waals surface area contributed by atoms with Crippen LogP contribution >= 0.6 is 0 Å². The molecule has 0 aromatic heterocycles. The molecular weight excluding hydrogens is 244 g/mol. The maximum atomic E-state index is 3.92. The Kier molecular flexibility index (Phi) is 4.72. The lowest BCUT2D eigenvalue weighted by Crippen LogP contribution is -2.64. The third-order valence-electron chi connectivity index (χ3n) is 6.25. The smallest absolute Gasteiger partial charge is 0.0309 e. The Balaban J connectivity index is 1.58. The van der Waals surface area contributed by atoms with E-state index in [2.05, 4.69) is 24.1 Å². The molecule has 116 valence electrons. The standard InChI is InChI=1S/C18H34N2/c1-15-7-6-8-17(11-15)13-20-14-18(19-12-16(20)2)9-4-3-5-10-18/h15-17,19H,3-14H2,1-2H3. The molecule has 2 nitrogen and oxygen atoms in total. The average molecular weight is 278 g/mol. The molecule has 2 heteroatoms. The monoisotopic (exact) mass is 278 g/mol. The lowest BCUT2D eigenvalue weighted by molar-refractivity contribution is 0.0434. The Morgan fingerprint density at radius 1 is 1.05 bits per heavy atom. The van der Waals surface area contributed by atoms with Crippen LogP contribution in [0.3, 0.4) is 0 Å². The molecule has 2 saturated carbocycles. The highest BCUT2D eigenvalue weighted by molar-refractivity contribution is 4.99. The van der Waals surface area contributed by atoms with Crippen LogP contribution in [0.25, 0.3) is 0 Å². The Labute approximate surface area is 125 Å². The molecule has 0 amide bonds. The summed E-state index contributed by atoms with van der Waals surface area (Å²) in [6, 6.07) is 0.736. The van der Waals surface area contributed by atoms with E-state index in [4.69, 9.17) is 0 Å². The van der Waals surface area contributed by atoms with Crippen molar-refractivity contribution in [2.24, 2.45) is 11.8 Å². The van der Waals surface area contributed by atoms with Crippen LogP contribution in [0.5, 0.6) is 0 Å². The number of piperazine rings is 1. The summed E-state index contributed by atoms with van der Waals surface area (Å²) < 4.78 is 0. The maximum absolute atomic E-state index is 3.92. The summed E-state index contributed by atoms with van der Waals surface area (Å²) in [4.78, 5) is 2.84. The van der Waals surface area contributed by atoms with Gasteiger partial charge in [0, 0.05) is 31.2 Å². The van der Waals surface area contributed by atoms with Crippen molar-refractivity contribution in [3.8, 4) is 0 Å². The molecule has 3 unspecified atom stereocenters. The van der Waals surface area contributed by atoms with Crippen molar-refractivity contribution >= 4 is 0 Å². The van der Waals surface area contributed by atoms with E-state index >= 15 is 0 Å². The molecule has 2 aliphatic carbocycles. The average Bonchev–Trinajstić information content (AvgIpc) is 2.44.